The second kappa shape index (κ2) is 6.07. The lowest BCUT2D eigenvalue weighted by atomic mass is 9.98. The number of carbonyl (C=O) groups excluding carboxylic acids is 2. The van der Waals surface area contributed by atoms with Gasteiger partial charge in [0.25, 0.3) is 0 Å². The van der Waals surface area contributed by atoms with Gasteiger partial charge in [-0.15, -0.1) is 0 Å². The van der Waals surface area contributed by atoms with Crippen LogP contribution in [0.2, 0.25) is 0 Å². The van der Waals surface area contributed by atoms with Crippen molar-refractivity contribution < 1.29 is 9.59 Å². The fraction of sp³-hybridized carbons (Fsp3) is 0.500. The summed E-state index contributed by atoms with van der Waals surface area (Å²) in [6.45, 7) is 6.79. The van der Waals surface area contributed by atoms with Crippen LogP contribution in [0.1, 0.15) is 31.4 Å². The fourth-order valence-electron chi connectivity index (χ4n) is 2.55. The molecule has 1 N–H and O–H groups in total. The molecular weight excluding hydrogens is 252 g/mol. The zero-order valence-electron chi connectivity index (χ0n) is 12.3. The third kappa shape index (κ3) is 3.18. The maximum Gasteiger partial charge on any atom is 0.243 e. The van der Waals surface area contributed by atoms with Crippen LogP contribution in [-0.2, 0) is 16.1 Å². The van der Waals surface area contributed by atoms with E-state index < -0.39 is 0 Å². The number of benzene rings is 1. The summed E-state index contributed by atoms with van der Waals surface area (Å²) in [6.07, 6.45) is 0.698. The number of piperazine rings is 1. The number of nitrogens with zero attached hydrogens (tertiary/aromatic N) is 1. The Kier molecular flexibility index (Phi) is 4.42. The van der Waals surface area contributed by atoms with Gasteiger partial charge < -0.3 is 10.2 Å². The minimum Gasteiger partial charge on any atom is -0.345 e. The van der Waals surface area contributed by atoms with Gasteiger partial charge in [0.15, 0.2) is 0 Å². The van der Waals surface area contributed by atoms with Gasteiger partial charge in [-0.1, -0.05) is 38.1 Å². The lowest BCUT2D eigenvalue weighted by molar-refractivity contribution is -0.146. The lowest BCUT2D eigenvalue weighted by Crippen LogP contribution is -2.58. The molecule has 2 rings (SSSR count). The quantitative estimate of drug-likeness (QED) is 0.911. The van der Waals surface area contributed by atoms with Crippen molar-refractivity contribution in [1.29, 1.82) is 0 Å². The molecule has 2 amide bonds. The van der Waals surface area contributed by atoms with E-state index in [2.05, 4.69) is 19.2 Å². The Balaban J connectivity index is 2.22. The molecule has 1 aromatic rings. The highest BCUT2D eigenvalue weighted by Crippen LogP contribution is 2.19. The average molecular weight is 274 g/mol. The Morgan fingerprint density at radius 2 is 2.00 bits per heavy atom. The van der Waals surface area contributed by atoms with Crippen LogP contribution >= 0.6 is 0 Å². The van der Waals surface area contributed by atoms with Crippen LogP contribution < -0.4 is 5.32 Å². The summed E-state index contributed by atoms with van der Waals surface area (Å²) in [4.78, 5) is 25.9. The highest BCUT2D eigenvalue weighted by atomic mass is 16.2. The van der Waals surface area contributed by atoms with Gasteiger partial charge in [-0.2, -0.15) is 0 Å². The zero-order chi connectivity index (χ0) is 14.7. The van der Waals surface area contributed by atoms with Gasteiger partial charge in [0.1, 0.15) is 6.04 Å². The van der Waals surface area contributed by atoms with Crippen molar-refractivity contribution in [3.63, 3.8) is 0 Å². The van der Waals surface area contributed by atoms with E-state index in [0.29, 0.717) is 18.9 Å². The van der Waals surface area contributed by atoms with Crippen molar-refractivity contribution in [2.24, 2.45) is 5.92 Å². The highest BCUT2D eigenvalue weighted by molar-refractivity contribution is 5.94. The Bertz CT molecular complexity index is 511. The number of hydrogen-bond acceptors (Lipinski definition) is 2. The molecule has 1 atom stereocenters. The van der Waals surface area contributed by atoms with Crippen LogP contribution in [0.5, 0.6) is 0 Å². The summed E-state index contributed by atoms with van der Waals surface area (Å²) in [5.74, 6) is 0.335. The molecule has 0 aromatic heterocycles. The van der Waals surface area contributed by atoms with Gasteiger partial charge in [0.05, 0.1) is 6.54 Å². The molecule has 1 heterocycles. The van der Waals surface area contributed by atoms with Gasteiger partial charge in [-0.25, -0.2) is 0 Å². The molecule has 1 aliphatic heterocycles. The maximum absolute atomic E-state index is 12.2. The molecule has 1 unspecified atom stereocenters. The molecule has 4 heteroatoms. The first-order valence-corrected chi connectivity index (χ1v) is 7.10. The fourth-order valence-corrected chi connectivity index (χ4v) is 2.55. The average Bonchev–Trinajstić information content (AvgIpc) is 2.40. The second-order valence-electron chi connectivity index (χ2n) is 5.81. The van der Waals surface area contributed by atoms with Gasteiger partial charge in [-0.3, -0.25) is 9.59 Å². The molecule has 108 valence electrons. The topological polar surface area (TPSA) is 49.4 Å². The summed E-state index contributed by atoms with van der Waals surface area (Å²) in [7, 11) is 0. The van der Waals surface area contributed by atoms with Crippen LogP contribution in [0, 0.1) is 12.8 Å². The predicted octanol–water partition coefficient (Wildman–Crippen LogP) is 1.87. The number of hydrogen-bond donors (Lipinski definition) is 1. The minimum atomic E-state index is -0.351. The van der Waals surface area contributed by atoms with E-state index in [9.17, 15) is 9.59 Å². The SMILES string of the molecule is Cc1ccccc1CN1C(=O)CNC(=O)C1CC(C)C. The summed E-state index contributed by atoms with van der Waals surface area (Å²) in [6, 6.07) is 7.64. The Hall–Kier alpha value is -1.84. The molecular formula is C16H22N2O2. The number of nitrogens with one attached hydrogen (secondary N) is 1. The third-order valence-electron chi connectivity index (χ3n) is 3.71. The molecule has 0 aliphatic carbocycles. The summed E-state index contributed by atoms with van der Waals surface area (Å²) in [5.41, 5.74) is 2.25. The Labute approximate surface area is 120 Å². The van der Waals surface area contributed by atoms with Crippen LogP contribution in [-0.4, -0.2) is 29.3 Å². The van der Waals surface area contributed by atoms with Crippen molar-refractivity contribution in [2.75, 3.05) is 6.54 Å². The number of amides is 2. The normalized spacial score (nSPS) is 19.4. The highest BCUT2D eigenvalue weighted by Gasteiger charge is 2.34. The first-order chi connectivity index (χ1) is 9.49. The molecule has 0 spiro atoms. The van der Waals surface area contributed by atoms with Crippen molar-refractivity contribution in [2.45, 2.75) is 39.8 Å². The van der Waals surface area contributed by atoms with E-state index >= 15 is 0 Å². The predicted molar refractivity (Wildman–Crippen MR) is 78.0 cm³/mol. The summed E-state index contributed by atoms with van der Waals surface area (Å²) < 4.78 is 0. The monoisotopic (exact) mass is 274 g/mol. The number of carbonyl (C=O) groups is 2. The summed E-state index contributed by atoms with van der Waals surface area (Å²) in [5, 5.41) is 2.69. The van der Waals surface area contributed by atoms with Gasteiger partial charge in [0, 0.05) is 6.54 Å². The molecule has 0 saturated carbocycles. The van der Waals surface area contributed by atoms with Crippen molar-refractivity contribution in [3.05, 3.63) is 35.4 Å². The maximum atomic E-state index is 12.2. The van der Waals surface area contributed by atoms with Gasteiger partial charge in [-0.05, 0) is 30.4 Å². The first-order valence-electron chi connectivity index (χ1n) is 7.10. The van der Waals surface area contributed by atoms with E-state index in [-0.39, 0.29) is 24.4 Å². The number of rotatable bonds is 4. The summed E-state index contributed by atoms with van der Waals surface area (Å²) >= 11 is 0. The van der Waals surface area contributed by atoms with E-state index in [1.54, 1.807) is 4.90 Å². The van der Waals surface area contributed by atoms with Crippen molar-refractivity contribution >= 4 is 11.8 Å². The minimum absolute atomic E-state index is 0.00139. The van der Waals surface area contributed by atoms with Crippen LogP contribution in [0.4, 0.5) is 0 Å². The van der Waals surface area contributed by atoms with Crippen molar-refractivity contribution in [1.82, 2.24) is 10.2 Å². The largest absolute Gasteiger partial charge is 0.345 e. The van der Waals surface area contributed by atoms with Crippen molar-refractivity contribution in [3.8, 4) is 0 Å². The molecule has 1 fully saturated rings. The second-order valence-corrected chi connectivity index (χ2v) is 5.81. The van der Waals surface area contributed by atoms with E-state index in [1.807, 2.05) is 31.2 Å². The lowest BCUT2D eigenvalue weighted by Gasteiger charge is -2.36. The van der Waals surface area contributed by atoms with Gasteiger partial charge >= 0.3 is 0 Å². The van der Waals surface area contributed by atoms with Crippen LogP contribution in [0.25, 0.3) is 0 Å². The molecule has 1 aliphatic rings. The molecule has 0 radical (unpaired) electrons. The molecule has 0 bridgehead atoms. The Morgan fingerprint density at radius 3 is 2.65 bits per heavy atom. The molecule has 20 heavy (non-hydrogen) atoms. The van der Waals surface area contributed by atoms with E-state index in [4.69, 9.17) is 0 Å². The molecule has 1 aromatic carbocycles. The smallest absolute Gasteiger partial charge is 0.243 e. The van der Waals surface area contributed by atoms with Crippen LogP contribution in [0.15, 0.2) is 24.3 Å². The number of aryl methyl sites for hydroxylation is 1. The molecule has 4 nitrogen and oxygen atoms in total. The first kappa shape index (κ1) is 14.6. The Morgan fingerprint density at radius 1 is 1.30 bits per heavy atom. The van der Waals surface area contributed by atoms with Gasteiger partial charge in [0.2, 0.25) is 11.8 Å². The standard InChI is InChI=1S/C16H22N2O2/c1-11(2)8-14-16(20)17-9-15(19)18(14)10-13-7-5-4-6-12(13)3/h4-7,11,14H,8-10H2,1-3H3,(H,17,20). The van der Waals surface area contributed by atoms with Crippen LogP contribution in [0.3, 0.4) is 0 Å². The zero-order valence-corrected chi connectivity index (χ0v) is 12.3. The molecule has 1 saturated heterocycles. The van der Waals surface area contributed by atoms with E-state index in [1.165, 1.54) is 0 Å². The van der Waals surface area contributed by atoms with E-state index in [0.717, 1.165) is 11.1 Å². The third-order valence-corrected chi connectivity index (χ3v) is 3.71.